The average molecular weight is 225 g/mol. The van der Waals surface area contributed by atoms with E-state index in [4.69, 9.17) is 5.11 Å². The summed E-state index contributed by atoms with van der Waals surface area (Å²) in [7, 11) is 1.76. The Kier molecular flexibility index (Phi) is 3.31. The Morgan fingerprint density at radius 1 is 1.56 bits per heavy atom. The number of rotatable bonds is 4. The summed E-state index contributed by atoms with van der Waals surface area (Å²) in [6, 6.07) is 0. The molecule has 1 heterocycles. The van der Waals surface area contributed by atoms with Crippen molar-refractivity contribution in [2.75, 3.05) is 0 Å². The summed E-state index contributed by atoms with van der Waals surface area (Å²) in [4.78, 5) is 26.1. The normalized spacial score (nSPS) is 11.2. The number of aromatic nitrogens is 2. The van der Waals surface area contributed by atoms with Crippen LogP contribution in [0, 0.1) is 0 Å². The van der Waals surface area contributed by atoms with Crippen LogP contribution < -0.4 is 5.32 Å². The van der Waals surface area contributed by atoms with E-state index >= 15 is 0 Å². The smallest absolute Gasteiger partial charge is 0.305 e. The van der Waals surface area contributed by atoms with Crippen LogP contribution in [0.1, 0.15) is 30.8 Å². The third kappa shape index (κ3) is 3.38. The lowest BCUT2D eigenvalue weighted by atomic mass is 10.0. The second-order valence-electron chi connectivity index (χ2n) is 4.33. The van der Waals surface area contributed by atoms with Gasteiger partial charge in [0.2, 0.25) is 0 Å². The Morgan fingerprint density at radius 3 is 2.62 bits per heavy atom. The number of carboxylic acids is 1. The van der Waals surface area contributed by atoms with Gasteiger partial charge >= 0.3 is 5.97 Å². The minimum Gasteiger partial charge on any atom is -0.481 e. The molecule has 1 amide bonds. The predicted octanol–water partition coefficient (Wildman–Crippen LogP) is 0.403. The van der Waals surface area contributed by atoms with Gasteiger partial charge < -0.3 is 15.0 Å². The van der Waals surface area contributed by atoms with Gasteiger partial charge in [-0.3, -0.25) is 9.59 Å². The van der Waals surface area contributed by atoms with Crippen molar-refractivity contribution in [1.29, 1.82) is 0 Å². The van der Waals surface area contributed by atoms with Crippen LogP contribution in [0.25, 0.3) is 0 Å². The van der Waals surface area contributed by atoms with Crippen molar-refractivity contribution in [2.45, 2.75) is 25.8 Å². The second kappa shape index (κ2) is 4.34. The van der Waals surface area contributed by atoms with E-state index in [1.165, 1.54) is 6.33 Å². The molecule has 0 spiro atoms. The van der Waals surface area contributed by atoms with Crippen LogP contribution in [0.2, 0.25) is 0 Å². The number of nitrogens with zero attached hydrogens (tertiary/aromatic N) is 2. The summed E-state index contributed by atoms with van der Waals surface area (Å²) >= 11 is 0. The topological polar surface area (TPSA) is 84.2 Å². The number of aryl methyl sites for hydroxylation is 1. The molecule has 1 aromatic rings. The summed E-state index contributed by atoms with van der Waals surface area (Å²) in [6.45, 7) is 3.31. The van der Waals surface area contributed by atoms with Gasteiger partial charge in [0.25, 0.3) is 5.91 Å². The van der Waals surface area contributed by atoms with Gasteiger partial charge in [0.1, 0.15) is 5.69 Å². The lowest BCUT2D eigenvalue weighted by molar-refractivity contribution is -0.138. The van der Waals surface area contributed by atoms with Gasteiger partial charge in [-0.05, 0) is 13.8 Å². The molecule has 0 aliphatic carbocycles. The predicted molar refractivity (Wildman–Crippen MR) is 57.0 cm³/mol. The van der Waals surface area contributed by atoms with Gasteiger partial charge in [0.15, 0.2) is 0 Å². The van der Waals surface area contributed by atoms with E-state index in [0.717, 1.165) is 0 Å². The summed E-state index contributed by atoms with van der Waals surface area (Å²) in [5.74, 6) is -1.32. The highest BCUT2D eigenvalue weighted by atomic mass is 16.4. The van der Waals surface area contributed by atoms with Gasteiger partial charge in [-0.2, -0.15) is 0 Å². The number of carboxylic acid groups (broad SMARTS) is 1. The van der Waals surface area contributed by atoms with E-state index in [0.29, 0.717) is 0 Å². The fraction of sp³-hybridized carbons (Fsp3) is 0.500. The molecule has 0 aromatic carbocycles. The highest BCUT2D eigenvalue weighted by molar-refractivity contribution is 5.92. The van der Waals surface area contributed by atoms with Crippen molar-refractivity contribution >= 4 is 11.9 Å². The number of hydrogen-bond acceptors (Lipinski definition) is 3. The molecule has 6 heteroatoms. The fourth-order valence-corrected chi connectivity index (χ4v) is 1.32. The van der Waals surface area contributed by atoms with Crippen molar-refractivity contribution < 1.29 is 14.7 Å². The van der Waals surface area contributed by atoms with Gasteiger partial charge in [0, 0.05) is 18.8 Å². The molecule has 0 fully saturated rings. The Labute approximate surface area is 93.3 Å². The average Bonchev–Trinajstić information content (AvgIpc) is 2.47. The summed E-state index contributed by atoms with van der Waals surface area (Å²) in [5, 5.41) is 11.3. The lowest BCUT2D eigenvalue weighted by Gasteiger charge is -2.23. The van der Waals surface area contributed by atoms with E-state index in [1.807, 2.05) is 0 Å². The van der Waals surface area contributed by atoms with Gasteiger partial charge in [-0.25, -0.2) is 4.98 Å². The van der Waals surface area contributed by atoms with Crippen molar-refractivity contribution in [3.05, 3.63) is 18.2 Å². The molecule has 0 saturated carbocycles. The molecule has 16 heavy (non-hydrogen) atoms. The first kappa shape index (κ1) is 12.2. The fourth-order valence-electron chi connectivity index (χ4n) is 1.32. The zero-order chi connectivity index (χ0) is 12.3. The lowest BCUT2D eigenvalue weighted by Crippen LogP contribution is -2.45. The Morgan fingerprint density at radius 2 is 2.19 bits per heavy atom. The molecule has 0 aliphatic rings. The van der Waals surface area contributed by atoms with Crippen LogP contribution >= 0.6 is 0 Å². The molecule has 0 atom stereocenters. The number of aliphatic carboxylic acids is 1. The van der Waals surface area contributed by atoms with Crippen LogP contribution in [-0.4, -0.2) is 32.1 Å². The number of nitrogens with one attached hydrogen (secondary N) is 1. The SMILES string of the molecule is Cn1cnc(C(=O)NC(C)(C)CC(=O)O)c1. The first-order valence-corrected chi connectivity index (χ1v) is 4.82. The molecule has 2 N–H and O–H groups in total. The third-order valence-corrected chi connectivity index (χ3v) is 1.98. The number of amides is 1. The molecule has 1 aromatic heterocycles. The maximum Gasteiger partial charge on any atom is 0.305 e. The molecular weight excluding hydrogens is 210 g/mol. The second-order valence-corrected chi connectivity index (χ2v) is 4.33. The molecular formula is C10H15N3O3. The summed E-state index contributed by atoms with van der Waals surface area (Å²) in [5.41, 5.74) is -0.513. The van der Waals surface area contributed by atoms with Crippen LogP contribution in [0.15, 0.2) is 12.5 Å². The van der Waals surface area contributed by atoms with E-state index < -0.39 is 11.5 Å². The summed E-state index contributed by atoms with van der Waals surface area (Å²) in [6.07, 6.45) is 2.96. The quantitative estimate of drug-likeness (QED) is 0.777. The standard InChI is InChI=1S/C10H15N3O3/c1-10(2,4-8(14)15)12-9(16)7-5-13(3)6-11-7/h5-6H,4H2,1-3H3,(H,12,16)(H,14,15). The molecule has 0 radical (unpaired) electrons. The largest absolute Gasteiger partial charge is 0.481 e. The molecule has 88 valence electrons. The van der Waals surface area contributed by atoms with Crippen molar-refractivity contribution in [3.8, 4) is 0 Å². The minimum absolute atomic E-state index is 0.133. The molecule has 0 bridgehead atoms. The summed E-state index contributed by atoms with van der Waals surface area (Å²) < 4.78 is 1.65. The van der Waals surface area contributed by atoms with Crippen molar-refractivity contribution in [2.24, 2.45) is 7.05 Å². The minimum atomic E-state index is -0.952. The Balaban J connectivity index is 2.67. The highest BCUT2D eigenvalue weighted by Gasteiger charge is 2.25. The Hall–Kier alpha value is -1.85. The molecule has 1 rings (SSSR count). The van der Waals surface area contributed by atoms with Crippen molar-refractivity contribution in [3.63, 3.8) is 0 Å². The maximum atomic E-state index is 11.7. The molecule has 0 unspecified atom stereocenters. The number of carbonyl (C=O) groups excluding carboxylic acids is 1. The monoisotopic (exact) mass is 225 g/mol. The van der Waals surface area contributed by atoms with Gasteiger partial charge in [-0.15, -0.1) is 0 Å². The first-order chi connectivity index (χ1) is 7.30. The Bertz CT molecular complexity index is 409. The van der Waals surface area contributed by atoms with Crippen LogP contribution in [0.3, 0.4) is 0 Å². The molecule has 6 nitrogen and oxygen atoms in total. The zero-order valence-corrected chi connectivity index (χ0v) is 9.52. The van der Waals surface area contributed by atoms with Gasteiger partial charge in [-0.1, -0.05) is 0 Å². The molecule has 0 aliphatic heterocycles. The van der Waals surface area contributed by atoms with E-state index in [9.17, 15) is 9.59 Å². The maximum absolute atomic E-state index is 11.7. The van der Waals surface area contributed by atoms with Gasteiger partial charge in [0.05, 0.1) is 12.7 Å². The van der Waals surface area contributed by atoms with Crippen LogP contribution in [0.4, 0.5) is 0 Å². The number of imidazole rings is 1. The van der Waals surface area contributed by atoms with Crippen LogP contribution in [0.5, 0.6) is 0 Å². The highest BCUT2D eigenvalue weighted by Crippen LogP contribution is 2.09. The van der Waals surface area contributed by atoms with E-state index in [2.05, 4.69) is 10.3 Å². The van der Waals surface area contributed by atoms with E-state index in [-0.39, 0.29) is 18.0 Å². The van der Waals surface area contributed by atoms with Crippen LogP contribution in [-0.2, 0) is 11.8 Å². The third-order valence-electron chi connectivity index (χ3n) is 1.98. The van der Waals surface area contributed by atoms with E-state index in [1.54, 1.807) is 31.7 Å². The zero-order valence-electron chi connectivity index (χ0n) is 9.52. The van der Waals surface area contributed by atoms with Crippen molar-refractivity contribution in [1.82, 2.24) is 14.9 Å². The molecule has 0 saturated heterocycles. The number of carbonyl (C=O) groups is 2. The number of hydrogen-bond donors (Lipinski definition) is 2. The first-order valence-electron chi connectivity index (χ1n) is 4.82.